The molecular weight excluding hydrogens is 418 g/mol. The number of amides is 1. The lowest BCUT2D eigenvalue weighted by atomic mass is 10.0. The number of allylic oxidation sites excluding steroid dienone is 1. The number of nitrogens with zero attached hydrogens (tertiary/aromatic N) is 2. The van der Waals surface area contributed by atoms with Crippen molar-refractivity contribution < 1.29 is 4.79 Å². The van der Waals surface area contributed by atoms with Crippen LogP contribution >= 0.6 is 22.9 Å². The number of carbonyl (C=O) groups excluding carboxylic acids is 1. The first-order valence-corrected chi connectivity index (χ1v) is 12.0. The van der Waals surface area contributed by atoms with Crippen LogP contribution < -0.4 is 10.6 Å². The average Bonchev–Trinajstić information content (AvgIpc) is 3.32. The Labute approximate surface area is 189 Å². The highest BCUT2D eigenvalue weighted by Crippen LogP contribution is 2.32. The summed E-state index contributed by atoms with van der Waals surface area (Å²) < 4.78 is 0.713. The standard InChI is InChI=1S/C22H34ClN5OS/c1-14(2)26-13-16(18-7-8-19(23)30-18)22(29)28-11-9-27(10-12-28)21(24)20-15(3)5-6-17(20)25-4/h7-8,14-16,24-26H,5-6,9-13H2,1-4H3/t15-,16-/m1/s1. The van der Waals surface area contributed by atoms with Gasteiger partial charge in [-0.05, 0) is 30.9 Å². The van der Waals surface area contributed by atoms with Crippen LogP contribution in [-0.2, 0) is 4.79 Å². The molecule has 1 aliphatic carbocycles. The van der Waals surface area contributed by atoms with Crippen molar-refractivity contribution in [3.63, 3.8) is 0 Å². The van der Waals surface area contributed by atoms with Gasteiger partial charge in [-0.3, -0.25) is 10.2 Å². The molecule has 2 heterocycles. The highest BCUT2D eigenvalue weighted by atomic mass is 35.5. The predicted molar refractivity (Wildman–Crippen MR) is 126 cm³/mol. The summed E-state index contributed by atoms with van der Waals surface area (Å²) in [7, 11) is 1.94. The van der Waals surface area contributed by atoms with Crippen molar-refractivity contribution in [1.29, 1.82) is 5.41 Å². The van der Waals surface area contributed by atoms with E-state index >= 15 is 0 Å². The lowest BCUT2D eigenvalue weighted by Crippen LogP contribution is -2.52. The molecule has 166 valence electrons. The minimum absolute atomic E-state index is 0.150. The molecule has 1 aliphatic heterocycles. The van der Waals surface area contributed by atoms with Crippen molar-refractivity contribution in [2.45, 2.75) is 45.6 Å². The minimum Gasteiger partial charge on any atom is -0.391 e. The van der Waals surface area contributed by atoms with Gasteiger partial charge in [0.25, 0.3) is 0 Å². The molecule has 3 rings (SSSR count). The number of thiophene rings is 1. The fourth-order valence-electron chi connectivity index (χ4n) is 4.29. The third-order valence-corrected chi connectivity index (χ3v) is 7.42. The molecular formula is C22H34ClN5OS. The largest absolute Gasteiger partial charge is 0.391 e. The van der Waals surface area contributed by atoms with E-state index in [2.05, 4.69) is 36.3 Å². The van der Waals surface area contributed by atoms with E-state index in [9.17, 15) is 4.79 Å². The number of carbonyl (C=O) groups is 1. The van der Waals surface area contributed by atoms with Gasteiger partial charge in [0.1, 0.15) is 5.84 Å². The summed E-state index contributed by atoms with van der Waals surface area (Å²) in [4.78, 5) is 18.5. The Morgan fingerprint density at radius 1 is 1.27 bits per heavy atom. The predicted octanol–water partition coefficient (Wildman–Crippen LogP) is 3.51. The number of rotatable bonds is 7. The zero-order valence-corrected chi connectivity index (χ0v) is 20.0. The van der Waals surface area contributed by atoms with Crippen molar-refractivity contribution in [1.82, 2.24) is 20.4 Å². The van der Waals surface area contributed by atoms with E-state index in [1.807, 2.05) is 24.1 Å². The maximum absolute atomic E-state index is 13.4. The van der Waals surface area contributed by atoms with Gasteiger partial charge in [0.2, 0.25) is 5.91 Å². The molecule has 0 radical (unpaired) electrons. The molecule has 3 N–H and O–H groups in total. The first-order valence-electron chi connectivity index (χ1n) is 10.8. The van der Waals surface area contributed by atoms with Crippen LogP contribution in [0.5, 0.6) is 0 Å². The third kappa shape index (κ3) is 5.18. The van der Waals surface area contributed by atoms with Gasteiger partial charge in [0, 0.05) is 62.0 Å². The van der Waals surface area contributed by atoms with Crippen molar-refractivity contribution in [2.24, 2.45) is 5.92 Å². The first-order chi connectivity index (χ1) is 14.3. The summed E-state index contributed by atoms with van der Waals surface area (Å²) in [5.74, 6) is 0.968. The van der Waals surface area contributed by atoms with Crippen LogP contribution in [0, 0.1) is 11.3 Å². The molecule has 30 heavy (non-hydrogen) atoms. The summed E-state index contributed by atoms with van der Waals surface area (Å²) in [6.45, 7) is 9.69. The van der Waals surface area contributed by atoms with Gasteiger partial charge in [-0.15, -0.1) is 11.3 Å². The lowest BCUT2D eigenvalue weighted by Gasteiger charge is -2.38. The molecule has 0 unspecified atom stereocenters. The van der Waals surface area contributed by atoms with Crippen LogP contribution in [0.15, 0.2) is 23.4 Å². The van der Waals surface area contributed by atoms with Gasteiger partial charge in [0.15, 0.2) is 0 Å². The van der Waals surface area contributed by atoms with Crippen LogP contribution in [0.25, 0.3) is 0 Å². The smallest absolute Gasteiger partial charge is 0.232 e. The highest BCUT2D eigenvalue weighted by molar-refractivity contribution is 7.16. The van der Waals surface area contributed by atoms with E-state index in [0.717, 1.165) is 23.3 Å². The van der Waals surface area contributed by atoms with Crippen LogP contribution in [-0.4, -0.2) is 67.4 Å². The molecule has 6 nitrogen and oxygen atoms in total. The van der Waals surface area contributed by atoms with E-state index < -0.39 is 0 Å². The van der Waals surface area contributed by atoms with Crippen LogP contribution in [0.2, 0.25) is 4.34 Å². The van der Waals surface area contributed by atoms with E-state index in [4.69, 9.17) is 17.0 Å². The Bertz CT molecular complexity index is 797. The van der Waals surface area contributed by atoms with E-state index in [0.29, 0.717) is 54.9 Å². The van der Waals surface area contributed by atoms with Crippen LogP contribution in [0.4, 0.5) is 0 Å². The van der Waals surface area contributed by atoms with E-state index in [-0.39, 0.29) is 11.8 Å². The Morgan fingerprint density at radius 2 is 1.93 bits per heavy atom. The SMILES string of the molecule is CNC1=C(C(=N)N2CCN(C(=O)[C@H](CNC(C)C)c3ccc(Cl)s3)CC2)[C@H](C)CC1. The maximum atomic E-state index is 13.4. The second-order valence-electron chi connectivity index (χ2n) is 8.50. The minimum atomic E-state index is -0.218. The summed E-state index contributed by atoms with van der Waals surface area (Å²) in [6.07, 6.45) is 2.11. The molecule has 1 aromatic heterocycles. The van der Waals surface area contributed by atoms with Gasteiger partial charge in [-0.2, -0.15) is 0 Å². The Balaban J connectivity index is 1.65. The Kier molecular flexibility index (Phi) is 7.82. The molecule has 8 heteroatoms. The normalized spacial score (nSPS) is 20.8. The molecule has 0 saturated carbocycles. The molecule has 1 saturated heterocycles. The van der Waals surface area contributed by atoms with Crippen molar-refractivity contribution in [2.75, 3.05) is 39.8 Å². The third-order valence-electron chi connectivity index (χ3n) is 6.08. The Morgan fingerprint density at radius 3 is 2.50 bits per heavy atom. The quantitative estimate of drug-likeness (QED) is 0.438. The number of halogens is 1. The van der Waals surface area contributed by atoms with Gasteiger partial charge in [-0.1, -0.05) is 32.4 Å². The summed E-state index contributed by atoms with van der Waals surface area (Å²) in [5.41, 5.74) is 2.34. The second-order valence-corrected chi connectivity index (χ2v) is 10.2. The van der Waals surface area contributed by atoms with Crippen molar-refractivity contribution in [3.8, 4) is 0 Å². The fraction of sp³-hybridized carbons (Fsp3) is 0.636. The fourth-order valence-corrected chi connectivity index (χ4v) is 5.45. The van der Waals surface area contributed by atoms with Gasteiger partial charge in [-0.25, -0.2) is 0 Å². The molecule has 2 atom stereocenters. The number of piperazine rings is 1. The Hall–Kier alpha value is -1.57. The second kappa shape index (κ2) is 10.2. The molecule has 1 amide bonds. The van der Waals surface area contributed by atoms with Crippen LogP contribution in [0.3, 0.4) is 0 Å². The van der Waals surface area contributed by atoms with E-state index in [1.165, 1.54) is 17.0 Å². The zero-order valence-electron chi connectivity index (χ0n) is 18.4. The summed E-state index contributed by atoms with van der Waals surface area (Å²) in [6, 6.07) is 4.15. The summed E-state index contributed by atoms with van der Waals surface area (Å²) in [5, 5.41) is 15.4. The molecule has 0 bridgehead atoms. The zero-order chi connectivity index (χ0) is 21.8. The highest BCUT2D eigenvalue weighted by Gasteiger charge is 2.33. The molecule has 0 aromatic carbocycles. The summed E-state index contributed by atoms with van der Waals surface area (Å²) >= 11 is 7.63. The topological polar surface area (TPSA) is 71.5 Å². The average molecular weight is 452 g/mol. The molecule has 1 fully saturated rings. The van der Waals surface area contributed by atoms with Crippen molar-refractivity contribution >= 4 is 34.7 Å². The first kappa shape index (κ1) is 23.1. The lowest BCUT2D eigenvalue weighted by molar-refractivity contribution is -0.134. The van der Waals surface area contributed by atoms with Crippen LogP contribution in [0.1, 0.15) is 44.4 Å². The number of hydrogen-bond acceptors (Lipinski definition) is 5. The number of amidine groups is 1. The van der Waals surface area contributed by atoms with Gasteiger partial charge in [0.05, 0.1) is 10.3 Å². The maximum Gasteiger partial charge on any atom is 0.232 e. The number of hydrogen-bond donors (Lipinski definition) is 3. The monoisotopic (exact) mass is 451 g/mol. The van der Waals surface area contributed by atoms with E-state index in [1.54, 1.807) is 0 Å². The van der Waals surface area contributed by atoms with Crippen molar-refractivity contribution in [3.05, 3.63) is 32.6 Å². The number of nitrogens with one attached hydrogen (secondary N) is 3. The van der Waals surface area contributed by atoms with Gasteiger partial charge >= 0.3 is 0 Å². The molecule has 0 spiro atoms. The van der Waals surface area contributed by atoms with Gasteiger partial charge < -0.3 is 20.4 Å². The molecule has 1 aromatic rings. The molecule has 2 aliphatic rings.